The Bertz CT molecular complexity index is 650. The van der Waals surface area contributed by atoms with Crippen molar-refractivity contribution < 1.29 is 4.79 Å². The molecule has 1 amide bonds. The van der Waals surface area contributed by atoms with E-state index in [1.54, 1.807) is 11.0 Å². The second kappa shape index (κ2) is 7.66. The molecule has 6 nitrogen and oxygen atoms in total. The molecule has 2 aromatic rings. The summed E-state index contributed by atoms with van der Waals surface area (Å²) in [5, 5.41) is 4.78. The Hall–Kier alpha value is -2.08. The molecule has 0 bridgehead atoms. The lowest BCUT2D eigenvalue weighted by atomic mass is 10.0. The highest BCUT2D eigenvalue weighted by Crippen LogP contribution is 2.23. The molecule has 0 unspecified atom stereocenters. The molecule has 0 saturated carbocycles. The number of benzene rings is 1. The van der Waals surface area contributed by atoms with Gasteiger partial charge in [-0.3, -0.25) is 9.48 Å². The van der Waals surface area contributed by atoms with E-state index in [2.05, 4.69) is 27.1 Å². The number of carbonyl (C=O) groups excluding carboxylic acids is 1. The normalized spacial score (nSPS) is 15.5. The third-order valence-corrected chi connectivity index (χ3v) is 4.87. The molecule has 1 fully saturated rings. The predicted octanol–water partition coefficient (Wildman–Crippen LogP) is 2.45. The number of nitrogens with zero attached hydrogens (tertiary/aromatic N) is 5. The first kappa shape index (κ1) is 16.8. The van der Waals surface area contributed by atoms with Gasteiger partial charge in [-0.05, 0) is 37.1 Å². The second-order valence-electron chi connectivity index (χ2n) is 6.11. The van der Waals surface area contributed by atoms with Crippen molar-refractivity contribution in [3.8, 4) is 0 Å². The van der Waals surface area contributed by atoms with Crippen LogP contribution in [-0.2, 0) is 11.3 Å². The fraction of sp³-hybridized carbons (Fsp3) is 0.471. The number of rotatable bonds is 5. The van der Waals surface area contributed by atoms with Crippen molar-refractivity contribution in [2.24, 2.45) is 0 Å². The van der Waals surface area contributed by atoms with Gasteiger partial charge in [-0.2, -0.15) is 5.10 Å². The number of hydrogen-bond acceptors (Lipinski definition) is 4. The summed E-state index contributed by atoms with van der Waals surface area (Å²) in [4.78, 5) is 20.5. The van der Waals surface area contributed by atoms with E-state index < -0.39 is 0 Å². The van der Waals surface area contributed by atoms with Gasteiger partial charge in [0.05, 0.1) is 6.54 Å². The molecule has 1 aliphatic rings. The summed E-state index contributed by atoms with van der Waals surface area (Å²) < 4.78 is 1.69. The zero-order valence-electron chi connectivity index (χ0n) is 13.8. The number of piperidine rings is 1. The van der Waals surface area contributed by atoms with Gasteiger partial charge < -0.3 is 9.80 Å². The van der Waals surface area contributed by atoms with E-state index in [0.29, 0.717) is 19.0 Å². The number of hydrogen-bond donors (Lipinski definition) is 0. The van der Waals surface area contributed by atoms with Gasteiger partial charge in [0.1, 0.15) is 12.7 Å². The summed E-state index contributed by atoms with van der Waals surface area (Å²) in [6, 6.07) is 8.24. The highest BCUT2D eigenvalue weighted by molar-refractivity contribution is 6.30. The Morgan fingerprint density at radius 1 is 1.29 bits per heavy atom. The van der Waals surface area contributed by atoms with E-state index in [4.69, 9.17) is 11.6 Å². The molecule has 7 heteroatoms. The van der Waals surface area contributed by atoms with Crippen molar-refractivity contribution in [3.63, 3.8) is 0 Å². The van der Waals surface area contributed by atoms with Crippen LogP contribution in [0.5, 0.6) is 0 Å². The molecule has 0 N–H and O–H groups in total. The maximum atomic E-state index is 12.4. The van der Waals surface area contributed by atoms with Crippen molar-refractivity contribution in [2.45, 2.75) is 31.8 Å². The fourth-order valence-electron chi connectivity index (χ4n) is 3.10. The summed E-state index contributed by atoms with van der Waals surface area (Å²) in [6.07, 6.45) is 5.54. The summed E-state index contributed by atoms with van der Waals surface area (Å²) in [5.74, 6) is 0.162. The van der Waals surface area contributed by atoms with E-state index in [9.17, 15) is 4.79 Å². The van der Waals surface area contributed by atoms with Crippen LogP contribution in [0.25, 0.3) is 0 Å². The van der Waals surface area contributed by atoms with Crippen molar-refractivity contribution in [3.05, 3.63) is 41.9 Å². The molecule has 1 aromatic carbocycles. The molecule has 0 aliphatic carbocycles. The predicted molar refractivity (Wildman–Crippen MR) is 94.1 cm³/mol. The minimum atomic E-state index is 0.162. The van der Waals surface area contributed by atoms with Gasteiger partial charge in [0, 0.05) is 43.3 Å². The largest absolute Gasteiger partial charge is 0.371 e. The van der Waals surface area contributed by atoms with E-state index in [1.165, 1.54) is 12.0 Å². The van der Waals surface area contributed by atoms with Gasteiger partial charge in [-0.1, -0.05) is 11.6 Å². The first-order valence-corrected chi connectivity index (χ1v) is 8.60. The first-order chi connectivity index (χ1) is 11.6. The maximum absolute atomic E-state index is 12.4. The lowest BCUT2D eigenvalue weighted by Crippen LogP contribution is -2.45. The minimum Gasteiger partial charge on any atom is -0.371 e. The number of carbonyl (C=O) groups is 1. The number of amides is 1. The summed E-state index contributed by atoms with van der Waals surface area (Å²) >= 11 is 5.94. The molecule has 0 radical (unpaired) electrons. The van der Waals surface area contributed by atoms with Gasteiger partial charge >= 0.3 is 0 Å². The number of halogens is 1. The molecular weight excluding hydrogens is 326 g/mol. The van der Waals surface area contributed by atoms with Crippen LogP contribution in [0.2, 0.25) is 5.02 Å². The topological polar surface area (TPSA) is 54.3 Å². The molecule has 24 heavy (non-hydrogen) atoms. The van der Waals surface area contributed by atoms with Crippen LogP contribution in [0.4, 0.5) is 5.69 Å². The average Bonchev–Trinajstić information content (AvgIpc) is 3.13. The Morgan fingerprint density at radius 2 is 2.00 bits per heavy atom. The monoisotopic (exact) mass is 347 g/mol. The molecule has 3 rings (SSSR count). The maximum Gasteiger partial charge on any atom is 0.224 e. The number of aryl methyl sites for hydroxylation is 1. The van der Waals surface area contributed by atoms with Gasteiger partial charge in [-0.25, -0.2) is 4.98 Å². The van der Waals surface area contributed by atoms with Crippen LogP contribution >= 0.6 is 11.6 Å². The van der Waals surface area contributed by atoms with Crippen molar-refractivity contribution >= 4 is 23.2 Å². The Kier molecular flexibility index (Phi) is 5.35. The average molecular weight is 348 g/mol. The smallest absolute Gasteiger partial charge is 0.224 e. The molecular formula is C17H22ClN5O. The van der Waals surface area contributed by atoms with Crippen LogP contribution in [0.15, 0.2) is 36.9 Å². The first-order valence-electron chi connectivity index (χ1n) is 8.22. The van der Waals surface area contributed by atoms with Crippen LogP contribution in [0.3, 0.4) is 0 Å². The van der Waals surface area contributed by atoms with Gasteiger partial charge in [0.2, 0.25) is 5.91 Å². The van der Waals surface area contributed by atoms with Crippen LogP contribution in [0, 0.1) is 0 Å². The lowest BCUT2D eigenvalue weighted by molar-refractivity contribution is -0.132. The van der Waals surface area contributed by atoms with Crippen LogP contribution in [-0.4, -0.2) is 51.8 Å². The lowest BCUT2D eigenvalue weighted by Gasteiger charge is -2.38. The quantitative estimate of drug-likeness (QED) is 0.833. The zero-order chi connectivity index (χ0) is 16.9. The van der Waals surface area contributed by atoms with E-state index in [0.717, 1.165) is 31.0 Å². The number of anilines is 1. The summed E-state index contributed by atoms with van der Waals surface area (Å²) in [6.45, 7) is 2.48. The highest BCUT2D eigenvalue weighted by atomic mass is 35.5. The third kappa shape index (κ3) is 4.06. The van der Waals surface area contributed by atoms with Crippen molar-refractivity contribution in [1.29, 1.82) is 0 Å². The summed E-state index contributed by atoms with van der Waals surface area (Å²) in [7, 11) is 1.91. The molecule has 1 aliphatic heterocycles. The van der Waals surface area contributed by atoms with Crippen molar-refractivity contribution in [2.75, 3.05) is 25.0 Å². The molecule has 128 valence electrons. The molecule has 1 saturated heterocycles. The molecule has 0 atom stereocenters. The Labute approximate surface area is 147 Å². The minimum absolute atomic E-state index is 0.162. The molecule has 0 spiro atoms. The van der Waals surface area contributed by atoms with E-state index >= 15 is 0 Å². The van der Waals surface area contributed by atoms with Gasteiger partial charge in [0.15, 0.2) is 0 Å². The second-order valence-corrected chi connectivity index (χ2v) is 6.54. The van der Waals surface area contributed by atoms with Crippen LogP contribution in [0.1, 0.15) is 19.3 Å². The van der Waals surface area contributed by atoms with Crippen molar-refractivity contribution in [1.82, 2.24) is 19.7 Å². The number of aromatic nitrogens is 3. The SMILES string of the molecule is CN(C(=O)CCn1cncn1)C1CCN(c2ccc(Cl)cc2)CC1. The fourth-order valence-corrected chi connectivity index (χ4v) is 3.23. The molecule has 1 aromatic heterocycles. The van der Waals surface area contributed by atoms with Crippen LogP contribution < -0.4 is 4.90 Å². The van der Waals surface area contributed by atoms with Gasteiger partial charge in [-0.15, -0.1) is 0 Å². The Balaban J connectivity index is 1.48. The molecule has 2 heterocycles. The zero-order valence-corrected chi connectivity index (χ0v) is 14.6. The van der Waals surface area contributed by atoms with E-state index in [-0.39, 0.29) is 5.91 Å². The van der Waals surface area contributed by atoms with Gasteiger partial charge in [0.25, 0.3) is 0 Å². The highest BCUT2D eigenvalue weighted by Gasteiger charge is 2.25. The Morgan fingerprint density at radius 3 is 2.62 bits per heavy atom. The van der Waals surface area contributed by atoms with E-state index in [1.807, 2.05) is 24.1 Å². The third-order valence-electron chi connectivity index (χ3n) is 4.62. The standard InChI is InChI=1S/C17H22ClN5O/c1-21(17(24)8-11-23-13-19-12-20-23)15-6-9-22(10-7-15)16-4-2-14(18)3-5-16/h2-5,12-13,15H,6-11H2,1H3. The summed E-state index contributed by atoms with van der Waals surface area (Å²) in [5.41, 5.74) is 1.19.